The second-order valence-electron chi connectivity index (χ2n) is 0.575. The van der Waals surface area contributed by atoms with E-state index in [1.165, 1.54) is 0 Å². The second-order valence-corrected chi connectivity index (χ2v) is 0.575. The fourth-order valence-electron chi connectivity index (χ4n) is 0. The Labute approximate surface area is 71.4 Å². The number of carbonyl (C=O) groups excluding carboxylic acids is 2. The molecular weight excluding hydrogens is 219 g/mol. The van der Waals surface area contributed by atoms with Crippen LogP contribution >= 0.6 is 0 Å². The summed E-state index contributed by atoms with van der Waals surface area (Å²) in [6, 6.07) is 0. The van der Waals surface area contributed by atoms with E-state index in [-0.39, 0.29) is 39.3 Å². The second kappa shape index (κ2) is 10.8. The van der Waals surface area contributed by atoms with Crippen molar-refractivity contribution >= 4 is 11.9 Å². The molecule has 0 unspecified atom stereocenters. The van der Waals surface area contributed by atoms with Crippen LogP contribution in [-0.4, -0.2) is 17.4 Å². The van der Waals surface area contributed by atoms with E-state index >= 15 is 0 Å². The minimum absolute atomic E-state index is 0. The van der Waals surface area contributed by atoms with Crippen LogP contribution in [0.15, 0.2) is 0 Å². The van der Waals surface area contributed by atoms with E-state index in [4.69, 9.17) is 19.8 Å². The van der Waals surface area contributed by atoms with Gasteiger partial charge in [-0.25, -0.2) is 0 Å². The molecular formula is C2H2CoFeO5. The first-order chi connectivity index (χ1) is 2.64. The molecule has 0 aliphatic heterocycles. The minimum atomic E-state index is -2.19. The molecule has 57 valence electrons. The summed E-state index contributed by atoms with van der Waals surface area (Å²) in [4.78, 5) is 17.9. The van der Waals surface area contributed by atoms with E-state index < -0.39 is 11.9 Å². The van der Waals surface area contributed by atoms with Gasteiger partial charge in [-0.1, -0.05) is 0 Å². The molecule has 0 aromatic rings. The van der Waals surface area contributed by atoms with Crippen molar-refractivity contribution in [2.24, 2.45) is 0 Å². The van der Waals surface area contributed by atoms with Gasteiger partial charge in [-0.2, -0.15) is 0 Å². The summed E-state index contributed by atoms with van der Waals surface area (Å²) in [5.41, 5.74) is 0. The molecule has 9 heavy (non-hydrogen) atoms. The Bertz CT molecular complexity index is 81.0. The van der Waals surface area contributed by atoms with Crippen molar-refractivity contribution in [1.82, 2.24) is 0 Å². The number of carboxylic acids is 2. The summed E-state index contributed by atoms with van der Waals surface area (Å²) < 4.78 is 0. The van der Waals surface area contributed by atoms with Crippen LogP contribution in [0.2, 0.25) is 0 Å². The maximum Gasteiger partial charge on any atom is 2.00 e. The normalized spacial score (nSPS) is 4.89. The molecule has 0 aliphatic rings. The molecule has 0 saturated heterocycles. The van der Waals surface area contributed by atoms with Gasteiger partial charge in [0.15, 0.2) is 0 Å². The molecule has 0 bridgehead atoms. The van der Waals surface area contributed by atoms with Crippen LogP contribution in [-0.2, 0) is 43.4 Å². The maximum absolute atomic E-state index is 8.93. The van der Waals surface area contributed by atoms with Crippen LogP contribution < -0.4 is 10.2 Å². The largest absolute Gasteiger partial charge is 2.00 e. The zero-order valence-electron chi connectivity index (χ0n) is 3.82. The molecule has 0 saturated carbocycles. The Morgan fingerprint density at radius 1 is 1.00 bits per heavy atom. The molecule has 0 rings (SSSR count). The Hall–Kier alpha value is -0.0740. The molecule has 0 aromatic carbocycles. The third-order valence-electron chi connectivity index (χ3n) is 0.167. The molecule has 5 nitrogen and oxygen atoms in total. The summed E-state index contributed by atoms with van der Waals surface area (Å²) in [6.45, 7) is 0. The monoisotopic (exact) mass is 221 g/mol. The van der Waals surface area contributed by atoms with Gasteiger partial charge in [0.1, 0.15) is 0 Å². The number of rotatable bonds is 0. The summed E-state index contributed by atoms with van der Waals surface area (Å²) in [7, 11) is 0. The predicted octanol–water partition coefficient (Wildman–Crippen LogP) is -4.34. The fraction of sp³-hybridized carbons (Fsp3) is 0. The molecule has 0 fully saturated rings. The van der Waals surface area contributed by atoms with Crippen LogP contribution in [0.25, 0.3) is 0 Å². The van der Waals surface area contributed by atoms with Crippen molar-refractivity contribution in [1.29, 1.82) is 0 Å². The molecule has 0 heterocycles. The number of hydrogen-bond acceptors (Lipinski definition) is 4. The third-order valence-corrected chi connectivity index (χ3v) is 0.167. The summed E-state index contributed by atoms with van der Waals surface area (Å²) >= 11 is 0. The molecule has 0 aromatic heterocycles. The van der Waals surface area contributed by atoms with E-state index in [1.54, 1.807) is 0 Å². The minimum Gasteiger partial charge on any atom is -0.543 e. The maximum atomic E-state index is 8.93. The van der Waals surface area contributed by atoms with E-state index in [1.807, 2.05) is 0 Å². The number of aliphatic carboxylic acids is 2. The van der Waals surface area contributed by atoms with Crippen molar-refractivity contribution in [3.8, 4) is 0 Å². The van der Waals surface area contributed by atoms with Crippen LogP contribution in [0.1, 0.15) is 0 Å². The number of hydrogen-bond donors (Lipinski definition) is 0. The molecule has 2 N–H and O–H groups in total. The molecule has 0 aliphatic carbocycles. The molecule has 0 atom stereocenters. The Balaban J connectivity index is -0.0000000417. The van der Waals surface area contributed by atoms with Crippen molar-refractivity contribution in [3.63, 3.8) is 0 Å². The fourth-order valence-corrected chi connectivity index (χ4v) is 0. The van der Waals surface area contributed by atoms with Gasteiger partial charge in [0, 0.05) is 17.1 Å². The Kier molecular flexibility index (Phi) is 27.8. The molecule has 0 spiro atoms. The van der Waals surface area contributed by atoms with Crippen molar-refractivity contribution < 1.29 is 59.1 Å². The van der Waals surface area contributed by atoms with Crippen LogP contribution in [0.3, 0.4) is 0 Å². The van der Waals surface area contributed by atoms with Gasteiger partial charge < -0.3 is 25.3 Å². The van der Waals surface area contributed by atoms with Gasteiger partial charge in [-0.15, -0.1) is 0 Å². The smallest absolute Gasteiger partial charge is 0.543 e. The average molecular weight is 221 g/mol. The van der Waals surface area contributed by atoms with Gasteiger partial charge in [0.25, 0.3) is 0 Å². The summed E-state index contributed by atoms with van der Waals surface area (Å²) in [5, 5.41) is 17.9. The third kappa shape index (κ3) is 18.1. The molecule has 0 amide bonds. The van der Waals surface area contributed by atoms with Crippen LogP contribution in [0.5, 0.6) is 0 Å². The zero-order valence-corrected chi connectivity index (χ0v) is 5.97. The van der Waals surface area contributed by atoms with Crippen molar-refractivity contribution in [2.45, 2.75) is 0 Å². The van der Waals surface area contributed by atoms with Gasteiger partial charge >= 0.3 is 16.8 Å². The topological polar surface area (TPSA) is 112 Å². The van der Waals surface area contributed by atoms with Gasteiger partial charge in [0.2, 0.25) is 0 Å². The number of carbonyl (C=O) groups is 2. The van der Waals surface area contributed by atoms with Crippen molar-refractivity contribution in [3.05, 3.63) is 0 Å². The first-order valence-electron chi connectivity index (χ1n) is 1.07. The van der Waals surface area contributed by atoms with Gasteiger partial charge in [-0.3, -0.25) is 0 Å². The predicted molar refractivity (Wildman–Crippen MR) is 13.6 cm³/mol. The van der Waals surface area contributed by atoms with E-state index in [0.717, 1.165) is 0 Å². The van der Waals surface area contributed by atoms with Gasteiger partial charge in [0.05, 0.1) is 11.9 Å². The van der Waals surface area contributed by atoms with Crippen LogP contribution in [0, 0.1) is 0 Å². The van der Waals surface area contributed by atoms with E-state index in [0.29, 0.717) is 0 Å². The van der Waals surface area contributed by atoms with Crippen LogP contribution in [0.4, 0.5) is 0 Å². The molecule has 7 heteroatoms. The SMILES string of the molecule is O.O=C([O-])C(=O)[O-].[Co+2].[Fe]. The Morgan fingerprint density at radius 2 is 1.11 bits per heavy atom. The quantitative estimate of drug-likeness (QED) is 0.303. The van der Waals surface area contributed by atoms with Crippen molar-refractivity contribution in [2.75, 3.05) is 0 Å². The average Bonchev–Trinajstić information content (AvgIpc) is 1.36. The van der Waals surface area contributed by atoms with E-state index in [2.05, 4.69) is 0 Å². The summed E-state index contributed by atoms with van der Waals surface area (Å²) in [6.07, 6.45) is 0. The number of carboxylic acid groups (broad SMARTS) is 2. The Morgan fingerprint density at radius 3 is 1.11 bits per heavy atom. The zero-order chi connectivity index (χ0) is 5.15. The summed E-state index contributed by atoms with van der Waals surface area (Å²) in [5.74, 6) is -4.37. The standard InChI is InChI=1S/C2H2O4.Co.Fe.H2O/c3-1(4)2(5)6;;;/h(H,3,4)(H,5,6);;;1H2/q;+2;;/p-2. The van der Waals surface area contributed by atoms with E-state index in [9.17, 15) is 0 Å². The first-order valence-corrected chi connectivity index (χ1v) is 1.07. The molecule has 1 radical (unpaired) electrons. The van der Waals surface area contributed by atoms with Gasteiger partial charge in [-0.05, 0) is 0 Å². The first kappa shape index (κ1) is 23.1.